The molecule has 2 aliphatic heterocycles. The van der Waals surface area contributed by atoms with Gasteiger partial charge in [0.05, 0.1) is 6.61 Å². The molecule has 3 amide bonds. The topological polar surface area (TPSA) is 149 Å². The maximum Gasteiger partial charge on any atom is 0.259 e. The molecular formula is C22H23N5O5. The molecule has 5 N–H and O–H groups in total. The largest absolute Gasteiger partial charge is 0.384 e. The predicted octanol–water partition coefficient (Wildman–Crippen LogP) is 0.288. The number of nitrogens with one attached hydrogen (secondary N) is 2. The number of amidine groups is 1. The lowest BCUT2D eigenvalue weighted by Gasteiger charge is -2.34. The van der Waals surface area contributed by atoms with Crippen LogP contribution in [0.15, 0.2) is 42.5 Å². The summed E-state index contributed by atoms with van der Waals surface area (Å²) in [6, 6.07) is 11.3. The van der Waals surface area contributed by atoms with Crippen molar-refractivity contribution in [1.82, 2.24) is 4.90 Å². The van der Waals surface area contributed by atoms with E-state index in [-0.39, 0.29) is 24.9 Å². The summed E-state index contributed by atoms with van der Waals surface area (Å²) in [6.07, 6.45) is -3.09. The Labute approximate surface area is 184 Å². The van der Waals surface area contributed by atoms with Crippen molar-refractivity contribution in [3.8, 4) is 0 Å². The summed E-state index contributed by atoms with van der Waals surface area (Å²) in [7, 11) is 1.71. The van der Waals surface area contributed by atoms with Crippen molar-refractivity contribution in [2.45, 2.75) is 18.8 Å². The van der Waals surface area contributed by atoms with Crippen molar-refractivity contribution in [3.63, 3.8) is 0 Å². The van der Waals surface area contributed by atoms with E-state index in [0.717, 1.165) is 5.56 Å². The van der Waals surface area contributed by atoms with Gasteiger partial charge in [0.1, 0.15) is 5.84 Å². The van der Waals surface area contributed by atoms with Gasteiger partial charge in [-0.05, 0) is 48.0 Å². The second-order valence-electron chi connectivity index (χ2n) is 7.71. The quantitative estimate of drug-likeness (QED) is 0.390. The Balaban J connectivity index is 1.47. The van der Waals surface area contributed by atoms with Crippen LogP contribution in [0.25, 0.3) is 0 Å². The lowest BCUT2D eigenvalue weighted by atomic mass is 10.1. The van der Waals surface area contributed by atoms with Crippen LogP contribution in [0.2, 0.25) is 0 Å². The van der Waals surface area contributed by atoms with Crippen LogP contribution in [0.1, 0.15) is 21.5 Å². The van der Waals surface area contributed by atoms with Gasteiger partial charge < -0.3 is 30.7 Å². The normalized spacial score (nSPS) is 19.0. The summed E-state index contributed by atoms with van der Waals surface area (Å²) in [5, 5.41) is 20.4. The van der Waals surface area contributed by atoms with Gasteiger partial charge in [-0.2, -0.15) is 0 Å². The molecule has 0 aliphatic carbocycles. The number of carbonyl (C=O) groups is 3. The minimum atomic E-state index is -1.72. The lowest BCUT2D eigenvalue weighted by molar-refractivity contribution is -0.150. The van der Waals surface area contributed by atoms with Gasteiger partial charge in [-0.25, -0.2) is 0 Å². The number of morpholine rings is 1. The fourth-order valence-electron chi connectivity index (χ4n) is 3.80. The summed E-state index contributed by atoms with van der Waals surface area (Å²) in [4.78, 5) is 40.7. The van der Waals surface area contributed by atoms with E-state index in [9.17, 15) is 19.5 Å². The number of nitrogens with zero attached hydrogens (tertiary/aromatic N) is 2. The summed E-state index contributed by atoms with van der Waals surface area (Å²) in [5.74, 6) is -1.50. The highest BCUT2D eigenvalue weighted by Crippen LogP contribution is 2.28. The molecule has 166 valence electrons. The highest BCUT2D eigenvalue weighted by molar-refractivity contribution is 6.05. The number of carbonyl (C=O) groups excluding carboxylic acids is 3. The SMILES string of the molecule is CN1Cc2cc(N3CCOC(C(O)C(=O)Nc4ccc(C(=N)N)cc4)C3=O)ccc2C1=O. The van der Waals surface area contributed by atoms with Crippen molar-refractivity contribution in [3.05, 3.63) is 59.2 Å². The Hall–Kier alpha value is -3.76. The first kappa shape index (κ1) is 21.5. The van der Waals surface area contributed by atoms with Gasteiger partial charge in [-0.15, -0.1) is 0 Å². The van der Waals surface area contributed by atoms with Crippen LogP contribution in [0.4, 0.5) is 11.4 Å². The van der Waals surface area contributed by atoms with E-state index in [1.54, 1.807) is 54.4 Å². The molecule has 2 aliphatic rings. The van der Waals surface area contributed by atoms with Crippen molar-refractivity contribution in [1.29, 1.82) is 5.41 Å². The van der Waals surface area contributed by atoms with Crippen LogP contribution in [-0.4, -0.2) is 66.0 Å². The first-order valence-corrected chi connectivity index (χ1v) is 10.0. The molecule has 10 nitrogen and oxygen atoms in total. The fourth-order valence-corrected chi connectivity index (χ4v) is 3.80. The number of aliphatic hydroxyl groups excluding tert-OH is 1. The molecule has 10 heteroatoms. The highest BCUT2D eigenvalue weighted by atomic mass is 16.5. The van der Waals surface area contributed by atoms with Crippen LogP contribution in [0.3, 0.4) is 0 Å². The molecule has 0 spiro atoms. The third-order valence-corrected chi connectivity index (χ3v) is 5.53. The lowest BCUT2D eigenvalue weighted by Crippen LogP contribution is -2.55. The highest BCUT2D eigenvalue weighted by Gasteiger charge is 2.39. The average molecular weight is 437 g/mol. The molecule has 0 radical (unpaired) electrons. The molecule has 32 heavy (non-hydrogen) atoms. The molecule has 2 atom stereocenters. The molecule has 0 bridgehead atoms. The number of fused-ring (bicyclic) bond motifs is 1. The first-order valence-electron chi connectivity index (χ1n) is 10.0. The third kappa shape index (κ3) is 3.93. The minimum absolute atomic E-state index is 0.0684. The molecule has 1 fully saturated rings. The van der Waals surface area contributed by atoms with Gasteiger partial charge in [-0.1, -0.05) is 0 Å². The van der Waals surface area contributed by atoms with E-state index < -0.39 is 24.0 Å². The van der Waals surface area contributed by atoms with Crippen LogP contribution in [0, 0.1) is 5.41 Å². The Kier molecular flexibility index (Phi) is 5.64. The van der Waals surface area contributed by atoms with Crippen LogP contribution in [0.5, 0.6) is 0 Å². The number of benzene rings is 2. The zero-order chi connectivity index (χ0) is 23.0. The first-order chi connectivity index (χ1) is 15.3. The molecule has 2 aromatic carbocycles. The van der Waals surface area contributed by atoms with Crippen LogP contribution >= 0.6 is 0 Å². The van der Waals surface area contributed by atoms with Gasteiger partial charge in [0.25, 0.3) is 17.7 Å². The number of anilines is 2. The number of hydrogen-bond donors (Lipinski definition) is 4. The maximum atomic E-state index is 13.0. The number of amides is 3. The summed E-state index contributed by atoms with van der Waals surface area (Å²) in [6.45, 7) is 0.861. The number of rotatable bonds is 5. The molecule has 0 saturated carbocycles. The number of hydrogen-bond acceptors (Lipinski definition) is 6. The van der Waals surface area contributed by atoms with Gasteiger partial charge >= 0.3 is 0 Å². The van der Waals surface area contributed by atoms with Crippen molar-refractivity contribution in [2.24, 2.45) is 5.73 Å². The molecule has 4 rings (SSSR count). The zero-order valence-corrected chi connectivity index (χ0v) is 17.4. The maximum absolute atomic E-state index is 13.0. The van der Waals surface area contributed by atoms with Crippen LogP contribution < -0.4 is 16.0 Å². The summed E-state index contributed by atoms with van der Waals surface area (Å²) >= 11 is 0. The fraction of sp³-hybridized carbons (Fsp3) is 0.273. The Morgan fingerprint density at radius 3 is 2.66 bits per heavy atom. The van der Waals surface area contributed by atoms with Gasteiger partial charge in [0.2, 0.25) is 0 Å². The monoisotopic (exact) mass is 437 g/mol. The Morgan fingerprint density at radius 2 is 1.97 bits per heavy atom. The van der Waals surface area contributed by atoms with Crippen molar-refractivity contribution in [2.75, 3.05) is 30.4 Å². The summed E-state index contributed by atoms with van der Waals surface area (Å²) in [5.41, 5.74) is 8.28. The van der Waals surface area contributed by atoms with E-state index >= 15 is 0 Å². The Morgan fingerprint density at radius 1 is 1.25 bits per heavy atom. The smallest absolute Gasteiger partial charge is 0.259 e. The van der Waals surface area contributed by atoms with E-state index in [0.29, 0.717) is 29.0 Å². The second-order valence-corrected chi connectivity index (χ2v) is 7.71. The van der Waals surface area contributed by atoms with Gasteiger partial charge in [-0.3, -0.25) is 19.8 Å². The average Bonchev–Trinajstić information content (AvgIpc) is 3.06. The summed E-state index contributed by atoms with van der Waals surface area (Å²) < 4.78 is 5.43. The van der Waals surface area contributed by atoms with Gasteiger partial charge in [0, 0.05) is 42.6 Å². The third-order valence-electron chi connectivity index (χ3n) is 5.53. The molecular weight excluding hydrogens is 414 g/mol. The standard InChI is InChI=1S/C22H23N5O5/c1-26-11-13-10-15(6-7-16(13)21(26)30)27-8-9-32-18(22(27)31)17(28)20(29)25-14-4-2-12(3-5-14)19(23)24/h2-7,10,17-18,28H,8-9,11H2,1H3,(H3,23,24)(H,25,29). The number of ether oxygens (including phenoxy) is 1. The molecule has 2 heterocycles. The number of nitrogen functional groups attached to an aromatic ring is 1. The molecule has 0 aromatic heterocycles. The van der Waals surface area contributed by atoms with Crippen LogP contribution in [-0.2, 0) is 20.9 Å². The predicted molar refractivity (Wildman–Crippen MR) is 116 cm³/mol. The second kappa shape index (κ2) is 8.40. The van der Waals surface area contributed by atoms with E-state index in [2.05, 4.69) is 5.32 Å². The van der Waals surface area contributed by atoms with E-state index in [4.69, 9.17) is 15.9 Å². The van der Waals surface area contributed by atoms with E-state index in [1.807, 2.05) is 0 Å². The number of aliphatic hydroxyl groups is 1. The van der Waals surface area contributed by atoms with Gasteiger partial charge in [0.15, 0.2) is 12.2 Å². The number of nitrogens with two attached hydrogens (primary N) is 1. The molecule has 2 aromatic rings. The Bertz CT molecular complexity index is 1100. The minimum Gasteiger partial charge on any atom is -0.384 e. The van der Waals surface area contributed by atoms with E-state index in [1.165, 1.54) is 4.90 Å². The van der Waals surface area contributed by atoms with Crippen molar-refractivity contribution >= 4 is 34.9 Å². The zero-order valence-electron chi connectivity index (χ0n) is 17.4. The molecule has 1 saturated heterocycles. The molecule has 2 unspecified atom stereocenters. The van der Waals surface area contributed by atoms with Crippen molar-refractivity contribution < 1.29 is 24.2 Å².